The molecule has 0 radical (unpaired) electrons. The van der Waals surface area contributed by atoms with Gasteiger partial charge in [-0.3, -0.25) is 19.3 Å². The second kappa shape index (κ2) is 10.7. The zero-order chi connectivity index (χ0) is 24.9. The van der Waals surface area contributed by atoms with Gasteiger partial charge in [0.15, 0.2) is 5.82 Å². The van der Waals surface area contributed by atoms with Crippen molar-refractivity contribution in [1.29, 1.82) is 0 Å². The van der Waals surface area contributed by atoms with E-state index < -0.39 is 0 Å². The summed E-state index contributed by atoms with van der Waals surface area (Å²) in [6, 6.07) is 12.6. The predicted molar refractivity (Wildman–Crippen MR) is 134 cm³/mol. The minimum Gasteiger partial charge on any atom is -0.354 e. The highest BCUT2D eigenvalue weighted by atomic mass is 16.2. The highest BCUT2D eigenvalue weighted by Gasteiger charge is 2.30. The lowest BCUT2D eigenvalue weighted by atomic mass is 9.89. The predicted octanol–water partition coefficient (Wildman–Crippen LogP) is 2.95. The maximum atomic E-state index is 13.5. The quantitative estimate of drug-likeness (QED) is 0.577. The number of fused-ring (bicyclic) bond motifs is 1. The SMILES string of the molecule is O=C(CN1Cc2ccccc2N(C(=O)c2ccc(-n3cccn3)nc2)CC1=O)NCC1CCCCC1. The second-order valence-electron chi connectivity index (χ2n) is 9.43. The number of pyridine rings is 1. The van der Waals surface area contributed by atoms with Crippen molar-refractivity contribution >= 4 is 23.4 Å². The summed E-state index contributed by atoms with van der Waals surface area (Å²) in [6.07, 6.45) is 10.9. The van der Waals surface area contributed by atoms with Gasteiger partial charge in [0.2, 0.25) is 11.8 Å². The van der Waals surface area contributed by atoms with Crippen molar-refractivity contribution in [2.24, 2.45) is 5.92 Å². The van der Waals surface area contributed by atoms with Crippen molar-refractivity contribution in [2.75, 3.05) is 24.5 Å². The Kier molecular flexibility index (Phi) is 7.06. The van der Waals surface area contributed by atoms with Crippen LogP contribution in [-0.4, -0.2) is 57.0 Å². The maximum absolute atomic E-state index is 13.5. The van der Waals surface area contributed by atoms with Gasteiger partial charge in [-0.25, -0.2) is 9.67 Å². The van der Waals surface area contributed by atoms with Crippen molar-refractivity contribution < 1.29 is 14.4 Å². The molecule has 0 bridgehead atoms. The summed E-state index contributed by atoms with van der Waals surface area (Å²) in [5.74, 6) is 0.357. The monoisotopic (exact) mass is 486 g/mol. The molecule has 2 aromatic heterocycles. The van der Waals surface area contributed by atoms with Gasteiger partial charge < -0.3 is 10.2 Å². The number of carbonyl (C=O) groups is 3. The number of hydrogen-bond donors (Lipinski definition) is 1. The summed E-state index contributed by atoms with van der Waals surface area (Å²) in [5, 5.41) is 7.16. The molecule has 186 valence electrons. The van der Waals surface area contributed by atoms with E-state index in [9.17, 15) is 14.4 Å². The molecule has 5 rings (SSSR count). The van der Waals surface area contributed by atoms with E-state index in [0.29, 0.717) is 29.5 Å². The maximum Gasteiger partial charge on any atom is 0.260 e. The highest BCUT2D eigenvalue weighted by molar-refractivity contribution is 6.09. The number of rotatable bonds is 6. The molecule has 36 heavy (non-hydrogen) atoms. The van der Waals surface area contributed by atoms with Crippen molar-refractivity contribution in [1.82, 2.24) is 25.0 Å². The number of para-hydroxylation sites is 1. The van der Waals surface area contributed by atoms with Gasteiger partial charge in [0.25, 0.3) is 5.91 Å². The van der Waals surface area contributed by atoms with Gasteiger partial charge in [0, 0.05) is 37.4 Å². The number of amides is 3. The number of nitrogens with one attached hydrogen (secondary N) is 1. The fourth-order valence-electron chi connectivity index (χ4n) is 4.93. The smallest absolute Gasteiger partial charge is 0.260 e. The Labute approximate surface area is 210 Å². The normalized spacial score (nSPS) is 16.4. The first-order valence-electron chi connectivity index (χ1n) is 12.5. The van der Waals surface area contributed by atoms with E-state index in [4.69, 9.17) is 0 Å². The number of carbonyl (C=O) groups excluding carboxylic acids is 3. The van der Waals surface area contributed by atoms with Gasteiger partial charge in [-0.1, -0.05) is 37.5 Å². The first kappa shape index (κ1) is 23.7. The number of benzene rings is 1. The van der Waals surface area contributed by atoms with Gasteiger partial charge in [-0.2, -0.15) is 5.10 Å². The lowest BCUT2D eigenvalue weighted by molar-refractivity contribution is -0.135. The van der Waals surface area contributed by atoms with Crippen molar-refractivity contribution in [3.8, 4) is 5.82 Å². The number of nitrogens with zero attached hydrogens (tertiary/aromatic N) is 5. The van der Waals surface area contributed by atoms with Crippen LogP contribution in [0.2, 0.25) is 0 Å². The van der Waals surface area contributed by atoms with Gasteiger partial charge in [0.1, 0.15) is 6.54 Å². The van der Waals surface area contributed by atoms with Gasteiger partial charge in [-0.15, -0.1) is 0 Å². The van der Waals surface area contributed by atoms with Gasteiger partial charge >= 0.3 is 0 Å². The molecule has 1 aliphatic carbocycles. The van der Waals surface area contributed by atoms with Crippen LogP contribution < -0.4 is 10.2 Å². The molecule has 9 nitrogen and oxygen atoms in total. The molecular weight excluding hydrogens is 456 g/mol. The van der Waals surface area contributed by atoms with Crippen LogP contribution in [0.1, 0.15) is 48.0 Å². The van der Waals surface area contributed by atoms with Gasteiger partial charge in [0.05, 0.1) is 12.1 Å². The van der Waals surface area contributed by atoms with Crippen LogP contribution in [0.3, 0.4) is 0 Å². The average molecular weight is 487 g/mol. The third kappa shape index (κ3) is 5.30. The standard InChI is InChI=1S/C27H30N6O3/c34-25(29-15-20-7-2-1-3-8-20)18-31-17-22-9-4-5-10-23(22)32(19-26(31)35)27(36)21-11-12-24(28-16-21)33-14-6-13-30-33/h4-6,9-14,16,20H,1-3,7-8,15,17-19H2,(H,29,34). The van der Waals surface area contributed by atoms with Gasteiger partial charge in [-0.05, 0) is 48.6 Å². The zero-order valence-corrected chi connectivity index (χ0v) is 20.2. The van der Waals surface area contributed by atoms with Crippen molar-refractivity contribution in [2.45, 2.75) is 38.6 Å². The molecule has 2 aliphatic rings. The Morgan fingerprint density at radius 3 is 2.58 bits per heavy atom. The van der Waals surface area contributed by atoms with Crippen molar-refractivity contribution in [3.05, 3.63) is 72.2 Å². The molecule has 0 unspecified atom stereocenters. The van der Waals surface area contributed by atoms with Crippen LogP contribution in [-0.2, 0) is 16.1 Å². The fourth-order valence-corrected chi connectivity index (χ4v) is 4.93. The molecule has 0 atom stereocenters. The Balaban J connectivity index is 1.29. The first-order chi connectivity index (χ1) is 17.6. The van der Waals surface area contributed by atoms with Crippen LogP contribution in [0.4, 0.5) is 5.69 Å². The summed E-state index contributed by atoms with van der Waals surface area (Å²) < 4.78 is 1.61. The Bertz CT molecular complexity index is 1220. The highest BCUT2D eigenvalue weighted by Crippen LogP contribution is 2.27. The third-order valence-corrected chi connectivity index (χ3v) is 6.92. The van der Waals surface area contributed by atoms with Crippen molar-refractivity contribution in [3.63, 3.8) is 0 Å². The van der Waals surface area contributed by atoms with Crippen LogP contribution in [0.25, 0.3) is 5.82 Å². The largest absolute Gasteiger partial charge is 0.354 e. The Morgan fingerprint density at radius 2 is 1.83 bits per heavy atom. The summed E-state index contributed by atoms with van der Waals surface area (Å²) in [5.41, 5.74) is 1.85. The summed E-state index contributed by atoms with van der Waals surface area (Å²) in [7, 11) is 0. The molecule has 1 N–H and O–H groups in total. The van der Waals surface area contributed by atoms with E-state index in [1.807, 2.05) is 24.3 Å². The summed E-state index contributed by atoms with van der Waals surface area (Å²) in [4.78, 5) is 46.7. The topological polar surface area (TPSA) is 100 Å². The fraction of sp³-hybridized carbons (Fsp3) is 0.370. The molecule has 3 amide bonds. The van der Waals surface area contributed by atoms with E-state index in [0.717, 1.165) is 18.4 Å². The van der Waals surface area contributed by atoms with E-state index >= 15 is 0 Å². The lowest BCUT2D eigenvalue weighted by Crippen LogP contribution is -2.45. The Hall–Kier alpha value is -4.01. The molecule has 1 aromatic carbocycles. The second-order valence-corrected chi connectivity index (χ2v) is 9.43. The molecule has 0 saturated heterocycles. The molecular formula is C27H30N6O3. The van der Waals surface area contributed by atoms with Crippen LogP contribution in [0, 0.1) is 5.92 Å². The zero-order valence-electron chi connectivity index (χ0n) is 20.2. The van der Waals surface area contributed by atoms with Crippen LogP contribution in [0.5, 0.6) is 0 Å². The molecule has 0 spiro atoms. The van der Waals surface area contributed by atoms with E-state index in [2.05, 4.69) is 15.4 Å². The molecule has 1 fully saturated rings. The minimum absolute atomic E-state index is 0.0258. The summed E-state index contributed by atoms with van der Waals surface area (Å²) >= 11 is 0. The Morgan fingerprint density at radius 1 is 1.00 bits per heavy atom. The van der Waals surface area contributed by atoms with E-state index in [1.165, 1.54) is 35.3 Å². The van der Waals surface area contributed by atoms with E-state index in [-0.39, 0.29) is 37.4 Å². The lowest BCUT2D eigenvalue weighted by Gasteiger charge is -2.24. The third-order valence-electron chi connectivity index (χ3n) is 6.92. The first-order valence-corrected chi connectivity index (χ1v) is 12.5. The average Bonchev–Trinajstić information content (AvgIpc) is 3.42. The van der Waals surface area contributed by atoms with Crippen LogP contribution in [0.15, 0.2) is 61.1 Å². The van der Waals surface area contributed by atoms with Crippen LogP contribution >= 0.6 is 0 Å². The number of anilines is 1. The van der Waals surface area contributed by atoms with E-state index in [1.54, 1.807) is 35.3 Å². The number of hydrogen-bond acceptors (Lipinski definition) is 5. The molecule has 9 heteroatoms. The minimum atomic E-state index is -0.320. The molecule has 3 aromatic rings. The molecule has 1 saturated carbocycles. The summed E-state index contributed by atoms with van der Waals surface area (Å²) in [6.45, 7) is 0.754. The number of aromatic nitrogens is 3. The molecule has 1 aliphatic heterocycles. The molecule has 3 heterocycles.